The molecule has 1 heterocycles. The lowest BCUT2D eigenvalue weighted by molar-refractivity contribution is 0.770. The van der Waals surface area contributed by atoms with Crippen molar-refractivity contribution >= 4 is 39.7 Å². The SMILES string of the molecule is CC(C)c1[nH]c(C(C)Cl)nc(=S)c1Br. The van der Waals surface area contributed by atoms with E-state index >= 15 is 0 Å². The lowest BCUT2D eigenvalue weighted by atomic mass is 10.1. The number of aromatic amines is 1. The average molecular weight is 296 g/mol. The van der Waals surface area contributed by atoms with Crippen molar-refractivity contribution in [3.05, 3.63) is 20.6 Å². The second-order valence-electron chi connectivity index (χ2n) is 3.43. The Morgan fingerprint density at radius 3 is 2.43 bits per heavy atom. The van der Waals surface area contributed by atoms with Gasteiger partial charge in [-0.3, -0.25) is 0 Å². The fraction of sp³-hybridized carbons (Fsp3) is 0.556. The summed E-state index contributed by atoms with van der Waals surface area (Å²) in [5.41, 5.74) is 1.05. The van der Waals surface area contributed by atoms with Crippen LogP contribution in [0.4, 0.5) is 0 Å². The first kappa shape index (κ1) is 12.1. The van der Waals surface area contributed by atoms with Crippen LogP contribution < -0.4 is 0 Å². The predicted molar refractivity (Wildman–Crippen MR) is 65.5 cm³/mol. The Hall–Kier alpha value is 0.0700. The average Bonchev–Trinajstić information content (AvgIpc) is 2.08. The van der Waals surface area contributed by atoms with E-state index in [1.54, 1.807) is 0 Å². The van der Waals surface area contributed by atoms with E-state index in [-0.39, 0.29) is 5.38 Å². The summed E-state index contributed by atoms with van der Waals surface area (Å²) in [5.74, 6) is 1.09. The van der Waals surface area contributed by atoms with Gasteiger partial charge >= 0.3 is 0 Å². The molecular weight excluding hydrogens is 284 g/mol. The number of hydrogen-bond donors (Lipinski definition) is 1. The van der Waals surface area contributed by atoms with E-state index in [1.807, 2.05) is 6.92 Å². The minimum absolute atomic E-state index is 0.151. The van der Waals surface area contributed by atoms with Crippen LogP contribution in [-0.4, -0.2) is 9.97 Å². The number of halogens is 2. The van der Waals surface area contributed by atoms with Crippen molar-refractivity contribution in [3.63, 3.8) is 0 Å². The topological polar surface area (TPSA) is 28.7 Å². The van der Waals surface area contributed by atoms with Crippen LogP contribution in [0.1, 0.15) is 43.6 Å². The molecule has 0 bridgehead atoms. The molecule has 0 aromatic carbocycles. The Labute approximate surface area is 102 Å². The van der Waals surface area contributed by atoms with Gasteiger partial charge in [-0.2, -0.15) is 0 Å². The van der Waals surface area contributed by atoms with Gasteiger partial charge in [-0.15, -0.1) is 11.6 Å². The second kappa shape index (κ2) is 4.73. The molecule has 1 unspecified atom stereocenters. The van der Waals surface area contributed by atoms with E-state index in [0.717, 1.165) is 16.0 Å². The first-order chi connectivity index (χ1) is 6.43. The summed E-state index contributed by atoms with van der Waals surface area (Å²) < 4.78 is 1.43. The zero-order valence-corrected chi connectivity index (χ0v) is 11.4. The minimum atomic E-state index is -0.151. The molecule has 1 atom stereocenters. The Balaban J connectivity index is 3.36. The Morgan fingerprint density at radius 1 is 1.43 bits per heavy atom. The fourth-order valence-electron chi connectivity index (χ4n) is 1.08. The van der Waals surface area contributed by atoms with Crippen molar-refractivity contribution in [1.29, 1.82) is 0 Å². The standard InChI is InChI=1S/C9H12BrClN2S/c1-4(2)7-6(10)9(14)13-8(12-7)5(3)11/h4-5H,1-3H3,(H,12,13,14). The molecule has 1 aromatic rings. The first-order valence-electron chi connectivity index (χ1n) is 4.37. The maximum Gasteiger partial charge on any atom is 0.144 e. The Kier molecular flexibility index (Phi) is 4.10. The van der Waals surface area contributed by atoms with Crippen LogP contribution in [0.3, 0.4) is 0 Å². The van der Waals surface area contributed by atoms with Gasteiger partial charge in [-0.05, 0) is 28.8 Å². The van der Waals surface area contributed by atoms with Crippen LogP contribution in [-0.2, 0) is 0 Å². The van der Waals surface area contributed by atoms with Crippen LogP contribution in [0.2, 0.25) is 0 Å². The van der Waals surface area contributed by atoms with Gasteiger partial charge in [0.15, 0.2) is 0 Å². The lowest BCUT2D eigenvalue weighted by Gasteiger charge is -2.12. The lowest BCUT2D eigenvalue weighted by Crippen LogP contribution is -2.03. The van der Waals surface area contributed by atoms with Crippen molar-refractivity contribution in [2.75, 3.05) is 0 Å². The van der Waals surface area contributed by atoms with E-state index in [1.165, 1.54) is 0 Å². The van der Waals surface area contributed by atoms with Gasteiger partial charge in [0.2, 0.25) is 0 Å². The molecule has 0 amide bonds. The van der Waals surface area contributed by atoms with E-state index in [0.29, 0.717) is 10.6 Å². The van der Waals surface area contributed by atoms with Gasteiger partial charge in [0.25, 0.3) is 0 Å². The normalized spacial score (nSPS) is 13.3. The quantitative estimate of drug-likeness (QED) is 0.650. The molecule has 0 saturated heterocycles. The summed E-state index contributed by atoms with van der Waals surface area (Å²) in [7, 11) is 0. The molecule has 5 heteroatoms. The predicted octanol–water partition coefficient (Wildman–Crippen LogP) is 4.32. The molecule has 1 rings (SSSR count). The summed E-state index contributed by atoms with van der Waals surface area (Å²) in [5, 5.41) is -0.151. The smallest absolute Gasteiger partial charge is 0.144 e. The van der Waals surface area contributed by atoms with Crippen LogP contribution in [0, 0.1) is 4.64 Å². The highest BCUT2D eigenvalue weighted by Gasteiger charge is 2.11. The van der Waals surface area contributed by atoms with Crippen LogP contribution in [0.15, 0.2) is 4.47 Å². The maximum atomic E-state index is 5.95. The van der Waals surface area contributed by atoms with Crippen molar-refractivity contribution in [1.82, 2.24) is 9.97 Å². The molecule has 14 heavy (non-hydrogen) atoms. The van der Waals surface area contributed by atoms with E-state index in [4.69, 9.17) is 23.8 Å². The highest BCUT2D eigenvalue weighted by atomic mass is 79.9. The molecular formula is C9H12BrClN2S. The van der Waals surface area contributed by atoms with Gasteiger partial charge in [0, 0.05) is 5.69 Å². The van der Waals surface area contributed by atoms with Gasteiger partial charge < -0.3 is 4.98 Å². The molecule has 0 aliphatic carbocycles. The van der Waals surface area contributed by atoms with E-state index in [9.17, 15) is 0 Å². The molecule has 1 N–H and O–H groups in total. The summed E-state index contributed by atoms with van der Waals surface area (Å²) in [6.45, 7) is 6.05. The van der Waals surface area contributed by atoms with Crippen LogP contribution >= 0.6 is 39.7 Å². The van der Waals surface area contributed by atoms with Crippen molar-refractivity contribution in [2.45, 2.75) is 32.1 Å². The fourth-order valence-corrected chi connectivity index (χ4v) is 2.04. The molecule has 0 fully saturated rings. The number of rotatable bonds is 2. The number of nitrogens with one attached hydrogen (secondary N) is 1. The number of H-pyrrole nitrogens is 1. The van der Waals surface area contributed by atoms with Gasteiger partial charge in [0.1, 0.15) is 10.5 Å². The van der Waals surface area contributed by atoms with Gasteiger partial charge in [-0.1, -0.05) is 26.1 Å². The van der Waals surface area contributed by atoms with Crippen molar-refractivity contribution in [3.8, 4) is 0 Å². The maximum absolute atomic E-state index is 5.95. The van der Waals surface area contributed by atoms with Crippen molar-refractivity contribution in [2.24, 2.45) is 0 Å². The largest absolute Gasteiger partial charge is 0.345 e. The summed E-state index contributed by atoms with van der Waals surface area (Å²) in [4.78, 5) is 7.39. The Bertz CT molecular complexity index is 387. The summed E-state index contributed by atoms with van der Waals surface area (Å²) >= 11 is 14.5. The number of hydrogen-bond acceptors (Lipinski definition) is 2. The monoisotopic (exact) mass is 294 g/mol. The van der Waals surface area contributed by atoms with Gasteiger partial charge in [0.05, 0.1) is 9.85 Å². The third kappa shape index (κ3) is 2.55. The molecule has 0 spiro atoms. The molecule has 1 aromatic heterocycles. The van der Waals surface area contributed by atoms with Crippen LogP contribution in [0.5, 0.6) is 0 Å². The minimum Gasteiger partial charge on any atom is -0.345 e. The zero-order valence-electron chi connectivity index (χ0n) is 8.27. The third-order valence-electron chi connectivity index (χ3n) is 1.86. The highest BCUT2D eigenvalue weighted by molar-refractivity contribution is 9.10. The van der Waals surface area contributed by atoms with Crippen molar-refractivity contribution < 1.29 is 0 Å². The summed E-state index contributed by atoms with van der Waals surface area (Å²) in [6, 6.07) is 0. The first-order valence-corrected chi connectivity index (χ1v) is 6.01. The molecule has 78 valence electrons. The second-order valence-corrected chi connectivity index (χ2v) is 5.26. The Morgan fingerprint density at radius 2 is 2.00 bits per heavy atom. The number of alkyl halides is 1. The van der Waals surface area contributed by atoms with Gasteiger partial charge in [-0.25, -0.2) is 4.98 Å². The molecule has 0 aliphatic rings. The van der Waals surface area contributed by atoms with E-state index < -0.39 is 0 Å². The molecule has 0 saturated carbocycles. The van der Waals surface area contributed by atoms with E-state index in [2.05, 4.69) is 39.7 Å². The molecule has 0 radical (unpaired) electrons. The molecule has 0 aliphatic heterocycles. The summed E-state index contributed by atoms with van der Waals surface area (Å²) in [6.07, 6.45) is 0. The highest BCUT2D eigenvalue weighted by Crippen LogP contribution is 2.25. The molecule has 2 nitrogen and oxygen atoms in total. The number of nitrogens with zero attached hydrogens (tertiary/aromatic N) is 1. The van der Waals surface area contributed by atoms with Crippen LogP contribution in [0.25, 0.3) is 0 Å². The number of aromatic nitrogens is 2. The zero-order chi connectivity index (χ0) is 10.9. The third-order valence-corrected chi connectivity index (χ3v) is 3.43.